The van der Waals surface area contributed by atoms with Crippen LogP contribution >= 0.6 is 0 Å². The molecule has 0 aliphatic carbocycles. The van der Waals surface area contributed by atoms with Crippen LogP contribution in [0.3, 0.4) is 0 Å². The van der Waals surface area contributed by atoms with Crippen molar-refractivity contribution in [3.8, 4) is 0 Å². The van der Waals surface area contributed by atoms with E-state index in [0.29, 0.717) is 13.2 Å². The number of nitrogens with one attached hydrogen (secondary N) is 1. The van der Waals surface area contributed by atoms with Crippen LogP contribution in [-0.2, 0) is 4.84 Å². The van der Waals surface area contributed by atoms with Gasteiger partial charge in [0.05, 0.1) is 6.61 Å². The highest BCUT2D eigenvalue weighted by Crippen LogP contribution is 1.85. The fraction of sp³-hybridized carbons (Fsp3) is 0.800. The molecule has 0 aliphatic heterocycles. The van der Waals surface area contributed by atoms with Crippen molar-refractivity contribution in [2.45, 2.75) is 13.8 Å². The molecule has 4 heteroatoms. The Morgan fingerprint density at radius 1 is 1.67 bits per heavy atom. The summed E-state index contributed by atoms with van der Waals surface area (Å²) in [5, 5.41) is 8.27. The second-order valence-corrected chi connectivity index (χ2v) is 1.50. The first-order valence-electron chi connectivity index (χ1n) is 2.96. The fourth-order valence-electron chi connectivity index (χ4n) is 0.487. The molecule has 0 aromatic carbocycles. The average Bonchev–Trinajstić information content (AvgIpc) is 1.82. The molecule has 4 nitrogen and oxygen atoms in total. The van der Waals surface area contributed by atoms with Crippen LogP contribution in [0.25, 0.3) is 0 Å². The number of hydrogen-bond donors (Lipinski definition) is 2. The minimum Gasteiger partial charge on any atom is -0.368 e. The van der Waals surface area contributed by atoms with Crippen molar-refractivity contribution in [1.82, 2.24) is 5.06 Å². The zero-order valence-corrected chi connectivity index (χ0v) is 5.85. The molecule has 0 bridgehead atoms. The van der Waals surface area contributed by atoms with E-state index in [1.807, 2.05) is 13.8 Å². The standard InChI is InChI=1S/C5H13N3O/c1-3-8(5(6)7)9-4-2/h3-4H2,1-2H3,(H3,6,7). The molecule has 0 saturated carbocycles. The molecule has 0 fully saturated rings. The van der Waals surface area contributed by atoms with E-state index in [1.54, 1.807) is 0 Å². The number of rotatable bonds is 3. The van der Waals surface area contributed by atoms with E-state index >= 15 is 0 Å². The molecular formula is C5H13N3O. The maximum atomic E-state index is 6.93. The molecule has 54 valence electrons. The normalized spacial score (nSPS) is 9.11. The second-order valence-electron chi connectivity index (χ2n) is 1.50. The summed E-state index contributed by atoms with van der Waals surface area (Å²) >= 11 is 0. The number of hydrogen-bond acceptors (Lipinski definition) is 2. The Morgan fingerprint density at radius 2 is 2.22 bits per heavy atom. The maximum Gasteiger partial charge on any atom is 0.212 e. The molecular weight excluding hydrogens is 118 g/mol. The highest BCUT2D eigenvalue weighted by Gasteiger charge is 1.99. The molecule has 9 heavy (non-hydrogen) atoms. The zero-order valence-electron chi connectivity index (χ0n) is 5.85. The lowest BCUT2D eigenvalue weighted by Gasteiger charge is -2.17. The fourth-order valence-corrected chi connectivity index (χ4v) is 0.487. The summed E-state index contributed by atoms with van der Waals surface area (Å²) in [5.41, 5.74) is 5.12. The van der Waals surface area contributed by atoms with Crippen LogP contribution in [-0.4, -0.2) is 24.2 Å². The van der Waals surface area contributed by atoms with E-state index in [2.05, 4.69) is 0 Å². The van der Waals surface area contributed by atoms with Crippen LogP contribution in [0, 0.1) is 5.41 Å². The van der Waals surface area contributed by atoms with E-state index in [-0.39, 0.29) is 5.96 Å². The maximum absolute atomic E-state index is 6.93. The van der Waals surface area contributed by atoms with Crippen molar-refractivity contribution in [3.05, 3.63) is 0 Å². The van der Waals surface area contributed by atoms with Crippen molar-refractivity contribution >= 4 is 5.96 Å². The van der Waals surface area contributed by atoms with Crippen molar-refractivity contribution in [2.24, 2.45) is 5.73 Å². The van der Waals surface area contributed by atoms with Crippen LogP contribution in [0.4, 0.5) is 0 Å². The molecule has 0 spiro atoms. The van der Waals surface area contributed by atoms with E-state index in [1.165, 1.54) is 5.06 Å². The summed E-state index contributed by atoms with van der Waals surface area (Å²) in [7, 11) is 0. The Labute approximate surface area is 55.1 Å². The largest absolute Gasteiger partial charge is 0.368 e. The molecule has 0 saturated heterocycles. The molecule has 0 heterocycles. The molecule has 0 aliphatic rings. The number of hydroxylamine groups is 2. The van der Waals surface area contributed by atoms with Crippen LogP contribution in [0.5, 0.6) is 0 Å². The van der Waals surface area contributed by atoms with Gasteiger partial charge in [-0.1, -0.05) is 0 Å². The van der Waals surface area contributed by atoms with Crippen molar-refractivity contribution < 1.29 is 4.84 Å². The SMILES string of the molecule is CCON(CC)C(=N)N. The monoisotopic (exact) mass is 131 g/mol. The van der Waals surface area contributed by atoms with Gasteiger partial charge in [0.25, 0.3) is 0 Å². The van der Waals surface area contributed by atoms with Gasteiger partial charge in [-0.3, -0.25) is 10.2 Å². The first kappa shape index (κ1) is 8.23. The molecule has 0 rings (SSSR count). The van der Waals surface area contributed by atoms with Gasteiger partial charge in [0.2, 0.25) is 5.96 Å². The summed E-state index contributed by atoms with van der Waals surface area (Å²) in [6.45, 7) is 4.89. The van der Waals surface area contributed by atoms with Gasteiger partial charge >= 0.3 is 0 Å². The van der Waals surface area contributed by atoms with Crippen molar-refractivity contribution in [1.29, 1.82) is 5.41 Å². The summed E-state index contributed by atoms with van der Waals surface area (Å²) in [6, 6.07) is 0. The highest BCUT2D eigenvalue weighted by atomic mass is 16.7. The molecule has 0 amide bonds. The third-order valence-corrected chi connectivity index (χ3v) is 0.841. The lowest BCUT2D eigenvalue weighted by atomic mass is 10.7. The van der Waals surface area contributed by atoms with Crippen molar-refractivity contribution in [3.63, 3.8) is 0 Å². The van der Waals surface area contributed by atoms with Crippen LogP contribution < -0.4 is 5.73 Å². The minimum atomic E-state index is -0.0423. The first-order chi connectivity index (χ1) is 4.22. The Bertz CT molecular complexity index is 94.2. The lowest BCUT2D eigenvalue weighted by Crippen LogP contribution is -2.36. The van der Waals surface area contributed by atoms with Gasteiger partial charge in [-0.25, -0.2) is 5.06 Å². The van der Waals surface area contributed by atoms with E-state index in [4.69, 9.17) is 16.0 Å². The number of nitrogens with zero attached hydrogens (tertiary/aromatic N) is 1. The van der Waals surface area contributed by atoms with Gasteiger partial charge in [0.15, 0.2) is 0 Å². The van der Waals surface area contributed by atoms with Crippen LogP contribution in [0.15, 0.2) is 0 Å². The first-order valence-corrected chi connectivity index (χ1v) is 2.96. The zero-order chi connectivity index (χ0) is 7.28. The second kappa shape index (κ2) is 4.14. The predicted octanol–water partition coefficient (Wildman–Crippen LogP) is 0.153. The van der Waals surface area contributed by atoms with Gasteiger partial charge < -0.3 is 5.73 Å². The van der Waals surface area contributed by atoms with Crippen LogP contribution in [0.1, 0.15) is 13.8 Å². The van der Waals surface area contributed by atoms with Gasteiger partial charge in [-0.15, -0.1) is 0 Å². The number of nitrogens with two attached hydrogens (primary N) is 1. The topological polar surface area (TPSA) is 62.3 Å². The van der Waals surface area contributed by atoms with Crippen LogP contribution in [0.2, 0.25) is 0 Å². The van der Waals surface area contributed by atoms with E-state index < -0.39 is 0 Å². The summed E-state index contributed by atoms with van der Waals surface area (Å²) < 4.78 is 0. The quantitative estimate of drug-likeness (QED) is 0.325. The third kappa shape index (κ3) is 2.92. The molecule has 3 N–H and O–H groups in total. The Kier molecular flexibility index (Phi) is 3.79. The molecule has 0 aromatic rings. The van der Waals surface area contributed by atoms with Gasteiger partial charge in [0, 0.05) is 6.54 Å². The van der Waals surface area contributed by atoms with E-state index in [9.17, 15) is 0 Å². The Hall–Kier alpha value is -0.770. The molecule has 0 aromatic heterocycles. The predicted molar refractivity (Wildman–Crippen MR) is 35.9 cm³/mol. The third-order valence-electron chi connectivity index (χ3n) is 0.841. The number of guanidine groups is 1. The molecule has 0 unspecified atom stereocenters. The Balaban J connectivity index is 3.54. The summed E-state index contributed by atoms with van der Waals surface area (Å²) in [4.78, 5) is 4.94. The summed E-state index contributed by atoms with van der Waals surface area (Å²) in [6.07, 6.45) is 0. The smallest absolute Gasteiger partial charge is 0.212 e. The minimum absolute atomic E-state index is 0.0423. The van der Waals surface area contributed by atoms with Gasteiger partial charge in [0.1, 0.15) is 0 Å². The van der Waals surface area contributed by atoms with Gasteiger partial charge in [-0.05, 0) is 13.8 Å². The molecule has 0 radical (unpaired) electrons. The van der Waals surface area contributed by atoms with Gasteiger partial charge in [-0.2, -0.15) is 0 Å². The Morgan fingerprint density at radius 3 is 2.33 bits per heavy atom. The average molecular weight is 131 g/mol. The summed E-state index contributed by atoms with van der Waals surface area (Å²) in [5.74, 6) is -0.0423. The lowest BCUT2D eigenvalue weighted by molar-refractivity contribution is -0.0914. The highest BCUT2D eigenvalue weighted by molar-refractivity contribution is 5.73. The van der Waals surface area contributed by atoms with E-state index in [0.717, 1.165) is 0 Å². The molecule has 0 atom stereocenters. The van der Waals surface area contributed by atoms with Crippen molar-refractivity contribution in [2.75, 3.05) is 13.2 Å².